The molecule has 1 aromatic rings. The number of carbonyl (C=O) groups excluding carboxylic acids is 1. The number of halogens is 2. The van der Waals surface area contributed by atoms with Crippen molar-refractivity contribution < 1.29 is 13.9 Å². The Kier molecular flexibility index (Phi) is 4.85. The first-order valence-electron chi connectivity index (χ1n) is 7.11. The van der Waals surface area contributed by atoms with Gasteiger partial charge in [-0.3, -0.25) is 9.78 Å². The largest absolute Gasteiger partial charge is 0.362 e. The van der Waals surface area contributed by atoms with Gasteiger partial charge >= 0.3 is 0 Å². The molecule has 2 heterocycles. The first-order valence-corrected chi connectivity index (χ1v) is 9.20. The predicted molar refractivity (Wildman–Crippen MR) is 97.9 cm³/mol. The lowest BCUT2D eigenvalue weighted by molar-refractivity contribution is -0.120. The van der Waals surface area contributed by atoms with Crippen molar-refractivity contribution in [1.29, 1.82) is 0 Å². The van der Waals surface area contributed by atoms with Gasteiger partial charge in [-0.2, -0.15) is 0 Å². The summed E-state index contributed by atoms with van der Waals surface area (Å²) in [7, 11) is 1.47. The van der Waals surface area contributed by atoms with E-state index >= 15 is 0 Å². The SMILES string of the molecule is COC(SC)C(=O)C1=C(c2ccccn2)C2=CC(F)(Br)C=CC2=N1. The predicted octanol–water partition coefficient (Wildman–Crippen LogP) is 3.71. The zero-order valence-corrected chi connectivity index (χ0v) is 15.4. The van der Waals surface area contributed by atoms with Crippen LogP contribution in [-0.4, -0.2) is 39.9 Å². The third-order valence-electron chi connectivity index (χ3n) is 3.61. The number of pyridine rings is 1. The van der Waals surface area contributed by atoms with Gasteiger partial charge < -0.3 is 4.74 Å². The number of allylic oxidation sites excluding steroid dienone is 5. The van der Waals surface area contributed by atoms with Crippen LogP contribution in [0.2, 0.25) is 0 Å². The van der Waals surface area contributed by atoms with Gasteiger partial charge in [0.1, 0.15) is 5.70 Å². The number of aliphatic imine (C=N–C) groups is 1. The third-order valence-corrected chi connectivity index (χ3v) is 4.94. The van der Waals surface area contributed by atoms with Gasteiger partial charge in [-0.25, -0.2) is 9.38 Å². The number of ether oxygens (including phenoxy) is 1. The van der Waals surface area contributed by atoms with Crippen LogP contribution in [-0.2, 0) is 9.53 Å². The average molecular weight is 409 g/mol. The number of nitrogens with zero attached hydrogens (tertiary/aromatic N) is 2. The minimum atomic E-state index is -1.78. The van der Waals surface area contributed by atoms with Gasteiger partial charge in [0.25, 0.3) is 0 Å². The highest BCUT2D eigenvalue weighted by Crippen LogP contribution is 2.41. The number of hydrogen-bond acceptors (Lipinski definition) is 5. The molecule has 7 heteroatoms. The normalized spacial score (nSPS) is 23.7. The fourth-order valence-electron chi connectivity index (χ4n) is 2.57. The van der Waals surface area contributed by atoms with Crippen LogP contribution in [0.3, 0.4) is 0 Å². The molecule has 1 aliphatic heterocycles. The standard InChI is InChI=1S/C17H14BrFN2O2S/c1-23-16(24-2)15(22)14-13(12-5-3-4-8-20-12)10-9-17(18,19)7-6-11(10)21-14/h3-9,16H,1-2H3. The van der Waals surface area contributed by atoms with Crippen molar-refractivity contribution in [3.8, 4) is 0 Å². The molecule has 0 fully saturated rings. The molecule has 1 aliphatic carbocycles. The van der Waals surface area contributed by atoms with Crippen LogP contribution >= 0.6 is 27.7 Å². The second kappa shape index (κ2) is 6.74. The monoisotopic (exact) mass is 408 g/mol. The van der Waals surface area contributed by atoms with Gasteiger partial charge in [-0.15, -0.1) is 11.8 Å². The van der Waals surface area contributed by atoms with Gasteiger partial charge in [-0.05, 0) is 52.5 Å². The minimum absolute atomic E-state index is 0.242. The quantitative estimate of drug-likeness (QED) is 0.550. The third kappa shape index (κ3) is 3.16. The maximum Gasteiger partial charge on any atom is 0.220 e. The summed E-state index contributed by atoms with van der Waals surface area (Å²) in [4.78, 5) is 21.5. The zero-order valence-electron chi connectivity index (χ0n) is 13.0. The topological polar surface area (TPSA) is 51.5 Å². The minimum Gasteiger partial charge on any atom is -0.362 e. The first kappa shape index (κ1) is 17.3. The summed E-state index contributed by atoms with van der Waals surface area (Å²) >= 11 is 4.28. The van der Waals surface area contributed by atoms with Crippen molar-refractivity contribution in [2.45, 2.75) is 10.0 Å². The van der Waals surface area contributed by atoms with E-state index in [4.69, 9.17) is 4.74 Å². The number of aromatic nitrogens is 1. The Morgan fingerprint density at radius 1 is 1.46 bits per heavy atom. The van der Waals surface area contributed by atoms with Crippen LogP contribution in [0.1, 0.15) is 5.69 Å². The van der Waals surface area contributed by atoms with Crippen molar-refractivity contribution in [2.75, 3.05) is 13.4 Å². The van der Waals surface area contributed by atoms with Crippen molar-refractivity contribution in [3.05, 3.63) is 59.6 Å². The fraction of sp³-hybridized carbons (Fsp3) is 0.235. The fourth-order valence-corrected chi connectivity index (χ4v) is 3.45. The number of ketones is 1. The van der Waals surface area contributed by atoms with E-state index in [9.17, 15) is 9.18 Å². The maximum absolute atomic E-state index is 14.4. The van der Waals surface area contributed by atoms with Crippen LogP contribution in [0, 0.1) is 0 Å². The molecule has 0 saturated carbocycles. The molecule has 0 radical (unpaired) electrons. The summed E-state index contributed by atoms with van der Waals surface area (Å²) in [6, 6.07) is 5.37. The van der Waals surface area contributed by atoms with E-state index in [1.54, 1.807) is 30.7 Å². The van der Waals surface area contributed by atoms with Crippen LogP contribution in [0.4, 0.5) is 4.39 Å². The van der Waals surface area contributed by atoms with E-state index in [0.29, 0.717) is 22.6 Å². The van der Waals surface area contributed by atoms with Crippen molar-refractivity contribution in [3.63, 3.8) is 0 Å². The van der Waals surface area contributed by atoms with E-state index in [0.717, 1.165) is 0 Å². The van der Waals surface area contributed by atoms with Gasteiger partial charge in [0, 0.05) is 24.5 Å². The van der Waals surface area contributed by atoms with Gasteiger partial charge in [0.15, 0.2) is 5.44 Å². The second-order valence-electron chi connectivity index (χ2n) is 5.17. The van der Waals surface area contributed by atoms with Gasteiger partial charge in [0.2, 0.25) is 10.4 Å². The van der Waals surface area contributed by atoms with E-state index in [1.165, 1.54) is 31.0 Å². The molecule has 0 N–H and O–H groups in total. The molecule has 0 saturated heterocycles. The molecule has 2 unspecified atom stereocenters. The molecule has 124 valence electrons. The number of hydrogen-bond donors (Lipinski definition) is 0. The molecular weight excluding hydrogens is 395 g/mol. The molecular formula is C17H14BrFN2O2S. The van der Waals surface area contributed by atoms with Crippen LogP contribution in [0.5, 0.6) is 0 Å². The average Bonchev–Trinajstić information content (AvgIpc) is 2.94. The highest BCUT2D eigenvalue weighted by atomic mass is 79.9. The molecule has 0 amide bonds. The molecule has 24 heavy (non-hydrogen) atoms. The number of carbonyl (C=O) groups is 1. The molecule has 0 aromatic carbocycles. The number of methoxy groups -OCH3 is 1. The first-order chi connectivity index (χ1) is 11.5. The second-order valence-corrected chi connectivity index (χ2v) is 7.28. The zero-order chi connectivity index (χ0) is 17.3. The van der Waals surface area contributed by atoms with Crippen LogP contribution in [0.15, 0.2) is 58.9 Å². The summed E-state index contributed by atoms with van der Waals surface area (Å²) in [5, 5.41) is 0. The van der Waals surface area contributed by atoms with E-state index < -0.39 is 10.0 Å². The Labute approximate surface area is 151 Å². The number of Topliss-reactive ketones (excluding diaryl/α,β-unsaturated/α-hetero) is 1. The molecule has 2 atom stereocenters. The Hall–Kier alpha value is -1.57. The number of fused-ring (bicyclic) bond motifs is 1. The summed E-state index contributed by atoms with van der Waals surface area (Å²) in [6.45, 7) is 0. The van der Waals surface area contributed by atoms with Crippen LogP contribution < -0.4 is 0 Å². The van der Waals surface area contributed by atoms with Crippen molar-refractivity contribution in [2.24, 2.45) is 4.99 Å². The highest BCUT2D eigenvalue weighted by molar-refractivity contribution is 9.10. The molecule has 0 spiro atoms. The lowest BCUT2D eigenvalue weighted by atomic mass is 9.93. The summed E-state index contributed by atoms with van der Waals surface area (Å²) < 4.78 is 17.8. The molecule has 0 bridgehead atoms. The number of alkyl halides is 2. The lowest BCUT2D eigenvalue weighted by Gasteiger charge is -2.17. The summed E-state index contributed by atoms with van der Waals surface area (Å²) in [5.74, 6) is -0.263. The smallest absolute Gasteiger partial charge is 0.220 e. The Morgan fingerprint density at radius 2 is 2.25 bits per heavy atom. The van der Waals surface area contributed by atoms with Gasteiger partial charge in [-0.1, -0.05) is 6.07 Å². The Balaban J connectivity index is 2.18. The lowest BCUT2D eigenvalue weighted by Crippen LogP contribution is -2.20. The highest BCUT2D eigenvalue weighted by Gasteiger charge is 2.36. The molecule has 4 nitrogen and oxygen atoms in total. The van der Waals surface area contributed by atoms with Gasteiger partial charge in [0.05, 0.1) is 11.4 Å². The summed E-state index contributed by atoms with van der Waals surface area (Å²) in [5.41, 5.74) is 1.76. The van der Waals surface area contributed by atoms with Crippen molar-refractivity contribution >= 4 is 44.8 Å². The molecule has 3 rings (SSSR count). The Bertz CT molecular complexity index is 796. The van der Waals surface area contributed by atoms with E-state index in [1.807, 2.05) is 6.07 Å². The number of thioether (sulfide) groups is 1. The van der Waals surface area contributed by atoms with Crippen molar-refractivity contribution in [1.82, 2.24) is 4.98 Å². The van der Waals surface area contributed by atoms with E-state index in [-0.39, 0.29) is 11.5 Å². The van der Waals surface area contributed by atoms with Crippen LogP contribution in [0.25, 0.3) is 5.57 Å². The molecule has 1 aromatic heterocycles. The Morgan fingerprint density at radius 3 is 2.88 bits per heavy atom. The van der Waals surface area contributed by atoms with E-state index in [2.05, 4.69) is 25.9 Å². The number of rotatable bonds is 5. The summed E-state index contributed by atoms with van der Waals surface area (Å²) in [6.07, 6.45) is 7.72. The molecule has 2 aliphatic rings. The maximum atomic E-state index is 14.4.